The number of benzene rings is 2. The van der Waals surface area contributed by atoms with Crippen LogP contribution in [0.2, 0.25) is 0 Å². The summed E-state index contributed by atoms with van der Waals surface area (Å²) in [6.07, 6.45) is 1.93. The lowest BCUT2D eigenvalue weighted by Crippen LogP contribution is -2.49. The Balaban J connectivity index is 1.46. The van der Waals surface area contributed by atoms with Gasteiger partial charge in [0.25, 0.3) is 5.91 Å². The molecule has 0 saturated carbocycles. The van der Waals surface area contributed by atoms with Crippen LogP contribution in [0, 0.1) is 12.8 Å². The highest BCUT2D eigenvalue weighted by Crippen LogP contribution is 2.25. The Kier molecular flexibility index (Phi) is 6.34. The van der Waals surface area contributed by atoms with Crippen LogP contribution in [0.25, 0.3) is 0 Å². The van der Waals surface area contributed by atoms with Crippen LogP contribution in [0.5, 0.6) is 0 Å². The molecule has 4 rings (SSSR count). The van der Waals surface area contributed by atoms with E-state index in [0.29, 0.717) is 37.7 Å². The molecule has 0 radical (unpaired) electrons. The van der Waals surface area contributed by atoms with Crippen LogP contribution in [0.1, 0.15) is 35.7 Å². The van der Waals surface area contributed by atoms with Gasteiger partial charge >= 0.3 is 0 Å². The molecule has 2 saturated heterocycles. The van der Waals surface area contributed by atoms with Crippen molar-refractivity contribution in [2.45, 2.75) is 31.6 Å². The van der Waals surface area contributed by atoms with Crippen LogP contribution in [-0.4, -0.2) is 62.8 Å². The summed E-state index contributed by atoms with van der Waals surface area (Å²) in [7, 11) is -3.58. The van der Waals surface area contributed by atoms with Gasteiger partial charge in [-0.05, 0) is 55.5 Å². The third kappa shape index (κ3) is 4.62. The summed E-state index contributed by atoms with van der Waals surface area (Å²) in [6, 6.07) is 14.8. The molecular formula is C24H31N3O3S. The second-order valence-corrected chi connectivity index (χ2v) is 10.6. The number of amides is 1. The Morgan fingerprint density at radius 1 is 0.968 bits per heavy atom. The van der Waals surface area contributed by atoms with Crippen LogP contribution < -0.4 is 4.90 Å². The number of rotatable bonds is 4. The molecule has 2 aromatic carbocycles. The van der Waals surface area contributed by atoms with Crippen molar-refractivity contribution in [2.75, 3.05) is 44.2 Å². The number of carbonyl (C=O) groups excluding carboxylic acids is 1. The molecule has 2 aromatic rings. The van der Waals surface area contributed by atoms with Crippen LogP contribution in [0.3, 0.4) is 0 Å². The van der Waals surface area contributed by atoms with E-state index >= 15 is 0 Å². The Labute approximate surface area is 185 Å². The monoisotopic (exact) mass is 441 g/mol. The van der Waals surface area contributed by atoms with E-state index in [1.807, 2.05) is 17.0 Å². The van der Waals surface area contributed by atoms with Gasteiger partial charge in [0.15, 0.2) is 0 Å². The van der Waals surface area contributed by atoms with Gasteiger partial charge in [0.1, 0.15) is 0 Å². The predicted octanol–water partition coefficient (Wildman–Crippen LogP) is 3.38. The molecule has 1 atom stereocenters. The first-order valence-corrected chi connectivity index (χ1v) is 12.5. The van der Waals surface area contributed by atoms with Crippen LogP contribution in [0.15, 0.2) is 53.4 Å². The van der Waals surface area contributed by atoms with Crippen molar-refractivity contribution in [1.82, 2.24) is 9.21 Å². The molecule has 2 fully saturated rings. The third-order valence-electron chi connectivity index (χ3n) is 6.36. The van der Waals surface area contributed by atoms with E-state index in [0.717, 1.165) is 25.9 Å². The molecule has 0 bridgehead atoms. The topological polar surface area (TPSA) is 60.9 Å². The molecule has 6 nitrogen and oxygen atoms in total. The fraction of sp³-hybridized carbons (Fsp3) is 0.458. The number of nitrogens with zero attached hydrogens (tertiary/aromatic N) is 3. The lowest BCUT2D eigenvalue weighted by Gasteiger charge is -2.37. The highest BCUT2D eigenvalue weighted by Gasteiger charge is 2.30. The van der Waals surface area contributed by atoms with Crippen LogP contribution in [0.4, 0.5) is 5.69 Å². The number of para-hydroxylation sites is 1. The SMILES string of the molecule is Cc1ccccc1N1CCN(C(=O)c2cccc(S(=O)(=O)N3CCCC(C)C3)c2)CC1. The zero-order valence-corrected chi connectivity index (χ0v) is 19.1. The number of sulfonamides is 1. The molecule has 7 heteroatoms. The molecule has 2 aliphatic heterocycles. The van der Waals surface area contributed by atoms with Gasteiger partial charge in [-0.2, -0.15) is 4.31 Å². The number of carbonyl (C=O) groups is 1. The van der Waals surface area contributed by atoms with Gasteiger partial charge < -0.3 is 9.80 Å². The number of aryl methyl sites for hydroxylation is 1. The summed E-state index contributed by atoms with van der Waals surface area (Å²) in [5, 5.41) is 0. The molecule has 0 N–H and O–H groups in total. The summed E-state index contributed by atoms with van der Waals surface area (Å²) < 4.78 is 27.8. The number of piperazine rings is 1. The number of piperidine rings is 1. The summed E-state index contributed by atoms with van der Waals surface area (Å²) in [5.74, 6) is 0.256. The zero-order chi connectivity index (χ0) is 22.0. The molecule has 1 unspecified atom stereocenters. The van der Waals surface area contributed by atoms with Gasteiger partial charge in [-0.3, -0.25) is 4.79 Å². The van der Waals surface area contributed by atoms with Gasteiger partial charge in [-0.15, -0.1) is 0 Å². The molecule has 1 amide bonds. The molecule has 31 heavy (non-hydrogen) atoms. The number of anilines is 1. The minimum absolute atomic E-state index is 0.103. The van der Waals surface area contributed by atoms with Crippen molar-refractivity contribution in [1.29, 1.82) is 0 Å². The van der Waals surface area contributed by atoms with Crippen molar-refractivity contribution in [3.05, 3.63) is 59.7 Å². The normalized spacial score (nSPS) is 20.6. The average molecular weight is 442 g/mol. The molecular weight excluding hydrogens is 410 g/mol. The smallest absolute Gasteiger partial charge is 0.254 e. The molecule has 0 spiro atoms. The first-order chi connectivity index (χ1) is 14.9. The van der Waals surface area contributed by atoms with Crippen molar-refractivity contribution in [3.63, 3.8) is 0 Å². The zero-order valence-electron chi connectivity index (χ0n) is 18.3. The van der Waals surface area contributed by atoms with Gasteiger partial charge in [-0.1, -0.05) is 31.2 Å². The first kappa shape index (κ1) is 21.8. The Morgan fingerprint density at radius 3 is 2.42 bits per heavy atom. The second-order valence-electron chi connectivity index (χ2n) is 8.70. The van der Waals surface area contributed by atoms with Crippen molar-refractivity contribution >= 4 is 21.6 Å². The number of hydrogen-bond acceptors (Lipinski definition) is 4. The molecule has 166 valence electrons. The van der Waals surface area contributed by atoms with Gasteiger partial charge in [-0.25, -0.2) is 8.42 Å². The Bertz CT molecular complexity index is 1050. The van der Waals surface area contributed by atoms with Crippen molar-refractivity contribution < 1.29 is 13.2 Å². The summed E-state index contributed by atoms with van der Waals surface area (Å²) >= 11 is 0. The summed E-state index contributed by atoms with van der Waals surface area (Å²) in [4.78, 5) is 17.5. The van der Waals surface area contributed by atoms with Crippen LogP contribution in [-0.2, 0) is 10.0 Å². The van der Waals surface area contributed by atoms with E-state index in [1.54, 1.807) is 28.6 Å². The minimum Gasteiger partial charge on any atom is -0.368 e. The quantitative estimate of drug-likeness (QED) is 0.730. The van der Waals surface area contributed by atoms with Crippen LogP contribution >= 0.6 is 0 Å². The lowest BCUT2D eigenvalue weighted by molar-refractivity contribution is 0.0746. The van der Waals surface area contributed by atoms with E-state index in [1.165, 1.54) is 11.3 Å². The predicted molar refractivity (Wildman–Crippen MR) is 123 cm³/mol. The first-order valence-electron chi connectivity index (χ1n) is 11.1. The molecule has 0 aliphatic carbocycles. The maximum Gasteiger partial charge on any atom is 0.254 e. The standard InChI is InChI=1S/C24H31N3O3S/c1-19-7-6-12-27(18-19)31(29,30)22-10-5-9-21(17-22)24(28)26-15-13-25(14-16-26)23-11-4-3-8-20(23)2/h3-5,8-11,17,19H,6-7,12-16,18H2,1-2H3. The van der Waals surface area contributed by atoms with E-state index in [9.17, 15) is 13.2 Å². The second kappa shape index (κ2) is 9.01. The molecule has 2 aliphatic rings. The summed E-state index contributed by atoms with van der Waals surface area (Å²) in [5.41, 5.74) is 2.88. The largest absolute Gasteiger partial charge is 0.368 e. The molecule has 0 aromatic heterocycles. The van der Waals surface area contributed by atoms with E-state index in [-0.39, 0.29) is 10.8 Å². The van der Waals surface area contributed by atoms with E-state index in [4.69, 9.17) is 0 Å². The highest BCUT2D eigenvalue weighted by atomic mass is 32.2. The van der Waals surface area contributed by atoms with Gasteiger partial charge in [0, 0.05) is 50.5 Å². The third-order valence-corrected chi connectivity index (χ3v) is 8.22. The maximum absolute atomic E-state index is 13.1. The Hall–Kier alpha value is -2.38. The fourth-order valence-electron chi connectivity index (χ4n) is 4.55. The number of hydrogen-bond donors (Lipinski definition) is 0. The lowest BCUT2D eigenvalue weighted by atomic mass is 10.0. The maximum atomic E-state index is 13.1. The average Bonchev–Trinajstić information content (AvgIpc) is 2.79. The van der Waals surface area contributed by atoms with Crippen molar-refractivity contribution in [2.24, 2.45) is 5.92 Å². The van der Waals surface area contributed by atoms with Crippen molar-refractivity contribution in [3.8, 4) is 0 Å². The molecule has 2 heterocycles. The van der Waals surface area contributed by atoms with Gasteiger partial charge in [0.2, 0.25) is 10.0 Å². The highest BCUT2D eigenvalue weighted by molar-refractivity contribution is 7.89. The van der Waals surface area contributed by atoms with Gasteiger partial charge in [0.05, 0.1) is 4.90 Å². The van der Waals surface area contributed by atoms with E-state index < -0.39 is 10.0 Å². The Morgan fingerprint density at radius 2 is 1.71 bits per heavy atom. The minimum atomic E-state index is -3.58. The fourth-order valence-corrected chi connectivity index (χ4v) is 6.20. The summed E-state index contributed by atoms with van der Waals surface area (Å²) in [6.45, 7) is 8.04. The van der Waals surface area contributed by atoms with E-state index in [2.05, 4.69) is 30.9 Å².